The molecule has 0 aliphatic carbocycles. The third-order valence-electron chi connectivity index (χ3n) is 2.87. The van der Waals surface area contributed by atoms with Gasteiger partial charge in [-0.05, 0) is 42.9 Å². The molecular formula is C15H22N2O2S. The zero-order valence-electron chi connectivity index (χ0n) is 11.9. The first-order chi connectivity index (χ1) is 9.63. The first-order valence-electron chi connectivity index (χ1n) is 6.97. The van der Waals surface area contributed by atoms with E-state index in [0.29, 0.717) is 12.2 Å². The van der Waals surface area contributed by atoms with Gasteiger partial charge < -0.3 is 15.8 Å². The summed E-state index contributed by atoms with van der Waals surface area (Å²) >= 11 is 4.74. The summed E-state index contributed by atoms with van der Waals surface area (Å²) in [6, 6.07) is 6.88. The first-order valence-corrected chi connectivity index (χ1v) is 7.38. The molecule has 1 aromatic rings. The molecule has 5 heteroatoms. The van der Waals surface area contributed by atoms with Gasteiger partial charge in [0.05, 0.1) is 12.2 Å². The average Bonchev–Trinajstić information content (AvgIpc) is 2.42. The third kappa shape index (κ3) is 6.52. The highest BCUT2D eigenvalue weighted by molar-refractivity contribution is 7.80. The Morgan fingerprint density at radius 3 is 2.45 bits per heavy atom. The molecule has 0 amide bonds. The van der Waals surface area contributed by atoms with Crippen molar-refractivity contribution in [2.45, 2.75) is 39.0 Å². The maximum absolute atomic E-state index is 11.8. The highest BCUT2D eigenvalue weighted by Crippen LogP contribution is 2.11. The Hall–Kier alpha value is -1.62. The van der Waals surface area contributed by atoms with Gasteiger partial charge in [0.2, 0.25) is 0 Å². The van der Waals surface area contributed by atoms with Crippen molar-refractivity contribution in [2.24, 2.45) is 5.73 Å². The number of rotatable bonds is 8. The molecule has 0 unspecified atom stereocenters. The van der Waals surface area contributed by atoms with Crippen LogP contribution in [0.25, 0.3) is 0 Å². The van der Waals surface area contributed by atoms with E-state index in [-0.39, 0.29) is 11.1 Å². The number of unbranched alkanes of at least 4 members (excludes halogenated alkanes) is 4. The Labute approximate surface area is 125 Å². The second-order valence-electron chi connectivity index (χ2n) is 4.62. The van der Waals surface area contributed by atoms with Crippen molar-refractivity contribution in [3.8, 4) is 0 Å². The highest BCUT2D eigenvalue weighted by Gasteiger charge is 2.06. The average molecular weight is 294 g/mol. The molecule has 0 atom stereocenters. The van der Waals surface area contributed by atoms with Gasteiger partial charge in [-0.15, -0.1) is 0 Å². The molecule has 0 saturated carbocycles. The van der Waals surface area contributed by atoms with Crippen molar-refractivity contribution in [3.63, 3.8) is 0 Å². The van der Waals surface area contributed by atoms with Crippen LogP contribution in [0.15, 0.2) is 24.3 Å². The van der Waals surface area contributed by atoms with E-state index in [0.717, 1.165) is 18.5 Å². The van der Waals surface area contributed by atoms with Gasteiger partial charge in [0.15, 0.2) is 5.11 Å². The van der Waals surface area contributed by atoms with E-state index in [1.165, 1.54) is 19.3 Å². The van der Waals surface area contributed by atoms with E-state index in [1.807, 2.05) is 0 Å². The Kier molecular flexibility index (Phi) is 7.65. The van der Waals surface area contributed by atoms with Gasteiger partial charge in [0.1, 0.15) is 0 Å². The van der Waals surface area contributed by atoms with Crippen LogP contribution in [0.1, 0.15) is 49.4 Å². The summed E-state index contributed by atoms with van der Waals surface area (Å²) < 4.78 is 5.22. The van der Waals surface area contributed by atoms with Crippen LogP contribution in [0, 0.1) is 0 Å². The van der Waals surface area contributed by atoms with Gasteiger partial charge in [0.25, 0.3) is 0 Å². The van der Waals surface area contributed by atoms with Crippen LogP contribution in [0.3, 0.4) is 0 Å². The molecule has 0 radical (unpaired) electrons. The maximum atomic E-state index is 11.8. The van der Waals surface area contributed by atoms with E-state index in [1.54, 1.807) is 24.3 Å². The molecule has 20 heavy (non-hydrogen) atoms. The highest BCUT2D eigenvalue weighted by atomic mass is 32.1. The standard InChI is InChI=1S/C15H22N2O2S/c1-2-3-4-5-6-11-19-14(18)12-7-9-13(10-8-12)17-15(16)20/h7-10H,2-6,11H2,1H3,(H3,16,17,20). The van der Waals surface area contributed by atoms with E-state index < -0.39 is 0 Å². The fourth-order valence-electron chi connectivity index (χ4n) is 1.79. The molecule has 0 bridgehead atoms. The van der Waals surface area contributed by atoms with Gasteiger partial charge in [-0.3, -0.25) is 0 Å². The van der Waals surface area contributed by atoms with Crippen LogP contribution in [0.2, 0.25) is 0 Å². The normalized spacial score (nSPS) is 10.1. The van der Waals surface area contributed by atoms with Crippen LogP contribution >= 0.6 is 12.2 Å². The number of hydrogen-bond acceptors (Lipinski definition) is 3. The van der Waals surface area contributed by atoms with Crippen LogP contribution in [0.5, 0.6) is 0 Å². The Morgan fingerprint density at radius 2 is 1.85 bits per heavy atom. The summed E-state index contributed by atoms with van der Waals surface area (Å²) in [6.45, 7) is 2.66. The van der Waals surface area contributed by atoms with Gasteiger partial charge in [-0.2, -0.15) is 0 Å². The van der Waals surface area contributed by atoms with E-state index in [9.17, 15) is 4.79 Å². The second-order valence-corrected chi connectivity index (χ2v) is 5.06. The molecule has 0 aliphatic heterocycles. The lowest BCUT2D eigenvalue weighted by Gasteiger charge is -2.06. The predicted molar refractivity (Wildman–Crippen MR) is 85.9 cm³/mol. The van der Waals surface area contributed by atoms with Crippen molar-refractivity contribution in [1.82, 2.24) is 0 Å². The summed E-state index contributed by atoms with van der Waals surface area (Å²) in [4.78, 5) is 11.8. The largest absolute Gasteiger partial charge is 0.462 e. The van der Waals surface area contributed by atoms with Gasteiger partial charge in [0, 0.05) is 5.69 Å². The SMILES string of the molecule is CCCCCCCOC(=O)c1ccc(NC(N)=S)cc1. The zero-order chi connectivity index (χ0) is 14.8. The number of benzene rings is 1. The topological polar surface area (TPSA) is 64.3 Å². The molecule has 0 aliphatic rings. The summed E-state index contributed by atoms with van der Waals surface area (Å²) in [6.07, 6.45) is 5.69. The van der Waals surface area contributed by atoms with E-state index >= 15 is 0 Å². The van der Waals surface area contributed by atoms with Crippen molar-refractivity contribution >= 4 is 29.0 Å². The van der Waals surface area contributed by atoms with E-state index in [4.69, 9.17) is 22.7 Å². The van der Waals surface area contributed by atoms with Crippen LogP contribution < -0.4 is 11.1 Å². The molecule has 0 saturated heterocycles. The summed E-state index contributed by atoms with van der Waals surface area (Å²) in [5.41, 5.74) is 6.66. The molecular weight excluding hydrogens is 272 g/mol. The number of ether oxygens (including phenoxy) is 1. The minimum absolute atomic E-state index is 0.201. The minimum atomic E-state index is -0.289. The number of nitrogens with one attached hydrogen (secondary N) is 1. The second kappa shape index (κ2) is 9.31. The van der Waals surface area contributed by atoms with Crippen molar-refractivity contribution in [1.29, 1.82) is 0 Å². The molecule has 1 rings (SSSR count). The molecule has 0 aromatic heterocycles. The van der Waals surface area contributed by atoms with Crippen LogP contribution in [-0.2, 0) is 4.74 Å². The Morgan fingerprint density at radius 1 is 1.20 bits per heavy atom. The lowest BCUT2D eigenvalue weighted by atomic mass is 10.2. The summed E-state index contributed by atoms with van der Waals surface area (Å²) in [5.74, 6) is -0.289. The molecule has 0 heterocycles. The molecule has 1 aromatic carbocycles. The fourth-order valence-corrected chi connectivity index (χ4v) is 1.90. The maximum Gasteiger partial charge on any atom is 0.338 e. The minimum Gasteiger partial charge on any atom is -0.462 e. The van der Waals surface area contributed by atoms with Gasteiger partial charge in [-0.1, -0.05) is 32.6 Å². The van der Waals surface area contributed by atoms with E-state index in [2.05, 4.69) is 12.2 Å². The third-order valence-corrected chi connectivity index (χ3v) is 2.97. The quantitative estimate of drug-likeness (QED) is 0.436. The summed E-state index contributed by atoms with van der Waals surface area (Å²) in [5, 5.41) is 3.00. The van der Waals surface area contributed by atoms with Gasteiger partial charge in [-0.25, -0.2) is 4.79 Å². The van der Waals surface area contributed by atoms with Crippen molar-refractivity contribution in [2.75, 3.05) is 11.9 Å². The predicted octanol–water partition coefficient (Wildman–Crippen LogP) is 3.47. The van der Waals surface area contributed by atoms with Crippen molar-refractivity contribution in [3.05, 3.63) is 29.8 Å². The van der Waals surface area contributed by atoms with Gasteiger partial charge >= 0.3 is 5.97 Å². The Bertz CT molecular complexity index is 432. The van der Waals surface area contributed by atoms with Crippen LogP contribution in [-0.4, -0.2) is 17.7 Å². The fraction of sp³-hybridized carbons (Fsp3) is 0.467. The molecule has 4 nitrogen and oxygen atoms in total. The van der Waals surface area contributed by atoms with Crippen molar-refractivity contribution < 1.29 is 9.53 Å². The summed E-state index contributed by atoms with van der Waals surface area (Å²) in [7, 11) is 0. The smallest absolute Gasteiger partial charge is 0.338 e. The first kappa shape index (κ1) is 16.4. The molecule has 0 spiro atoms. The molecule has 0 fully saturated rings. The molecule has 3 N–H and O–H groups in total. The van der Waals surface area contributed by atoms with Crippen LogP contribution in [0.4, 0.5) is 5.69 Å². The lowest BCUT2D eigenvalue weighted by Crippen LogP contribution is -2.18. The lowest BCUT2D eigenvalue weighted by molar-refractivity contribution is 0.0497. The number of hydrogen-bond donors (Lipinski definition) is 2. The number of carbonyl (C=O) groups excluding carboxylic acids is 1. The zero-order valence-corrected chi connectivity index (χ0v) is 12.7. The number of thiocarbonyl (C=S) groups is 1. The monoisotopic (exact) mass is 294 g/mol. The number of esters is 1. The number of carbonyl (C=O) groups is 1. The Balaban J connectivity index is 2.30. The number of anilines is 1. The molecule has 110 valence electrons. The number of nitrogens with two attached hydrogens (primary N) is 1.